The lowest BCUT2D eigenvalue weighted by atomic mass is 9.51. The standard InChI is InChI=1S/C22H25N5O2/c1-27-19(28)18(6-13-2-3-16-17(5-13)24-12-23-16)25-20(27)26-21-7-14-4-15(8-21)10-22(29,9-14)11-21/h2-3,5-6,12,14-15,28-29H,4,7-11H2,1H3,(H,25,26). The molecule has 0 amide bonds. The number of hydrogen-bond donors (Lipinski definition) is 3. The summed E-state index contributed by atoms with van der Waals surface area (Å²) in [5.41, 5.74) is 0.701. The van der Waals surface area contributed by atoms with Crippen molar-refractivity contribution in [1.82, 2.24) is 9.55 Å². The first-order valence-corrected chi connectivity index (χ1v) is 10.4. The maximum absolute atomic E-state index is 11.0. The van der Waals surface area contributed by atoms with Crippen LogP contribution >= 0.6 is 0 Å². The fourth-order valence-corrected chi connectivity index (χ4v) is 6.47. The molecule has 7 heteroatoms. The van der Waals surface area contributed by atoms with Crippen LogP contribution in [0.2, 0.25) is 0 Å². The van der Waals surface area contributed by atoms with Crippen LogP contribution in [0.15, 0.2) is 28.2 Å². The van der Waals surface area contributed by atoms with Gasteiger partial charge in [0.15, 0.2) is 0 Å². The van der Waals surface area contributed by atoms with Crippen molar-refractivity contribution < 1.29 is 10.2 Å². The molecule has 4 bridgehead atoms. The van der Waals surface area contributed by atoms with E-state index in [-0.39, 0.29) is 11.4 Å². The number of nitrogens with one attached hydrogen (secondary N) is 1. The first kappa shape index (κ1) is 17.2. The lowest BCUT2D eigenvalue weighted by Crippen LogP contribution is -2.62. The van der Waals surface area contributed by atoms with Gasteiger partial charge in [-0.2, -0.15) is 0 Å². The highest BCUT2D eigenvalue weighted by Gasteiger charge is 2.57. The maximum Gasteiger partial charge on any atom is 0.220 e. The smallest absolute Gasteiger partial charge is 0.220 e. The molecule has 2 unspecified atom stereocenters. The van der Waals surface area contributed by atoms with Crippen LogP contribution in [0.4, 0.5) is 11.6 Å². The molecule has 4 fully saturated rings. The van der Waals surface area contributed by atoms with Crippen LogP contribution < -0.4 is 15.9 Å². The van der Waals surface area contributed by atoms with Crippen molar-refractivity contribution in [3.63, 3.8) is 0 Å². The van der Waals surface area contributed by atoms with E-state index in [2.05, 4.69) is 15.3 Å². The molecule has 1 aliphatic heterocycles. The molecule has 1 aromatic carbocycles. The number of aromatic nitrogens is 2. The van der Waals surface area contributed by atoms with E-state index in [1.165, 1.54) is 6.42 Å². The molecule has 5 aliphatic rings. The van der Waals surface area contributed by atoms with Crippen molar-refractivity contribution in [2.45, 2.75) is 49.7 Å². The summed E-state index contributed by atoms with van der Waals surface area (Å²) in [5.74, 6) is 1.97. The number of imidazole rings is 1. The third kappa shape index (κ3) is 2.71. The highest BCUT2D eigenvalue weighted by Crippen LogP contribution is 2.58. The Bertz CT molecular complexity index is 1150. The van der Waals surface area contributed by atoms with Crippen LogP contribution in [0.1, 0.15) is 44.2 Å². The second-order valence-corrected chi connectivity index (χ2v) is 9.56. The van der Waals surface area contributed by atoms with Crippen molar-refractivity contribution in [3.05, 3.63) is 34.5 Å². The zero-order chi connectivity index (χ0) is 19.8. The average molecular weight is 391 g/mol. The van der Waals surface area contributed by atoms with E-state index in [4.69, 9.17) is 4.98 Å². The molecule has 4 aliphatic carbocycles. The van der Waals surface area contributed by atoms with Gasteiger partial charge < -0.3 is 15.5 Å². The lowest BCUT2D eigenvalue weighted by molar-refractivity contribution is -0.128. The van der Waals surface area contributed by atoms with E-state index >= 15 is 0 Å². The predicted octanol–water partition coefficient (Wildman–Crippen LogP) is 1.74. The first-order valence-electron chi connectivity index (χ1n) is 10.4. The summed E-state index contributed by atoms with van der Waals surface area (Å²) in [6.07, 6.45) is 9.44. The largest absolute Gasteiger partial charge is 0.493 e. The van der Waals surface area contributed by atoms with Crippen LogP contribution in [-0.4, -0.2) is 37.2 Å². The van der Waals surface area contributed by atoms with Crippen LogP contribution in [0.25, 0.3) is 6.08 Å². The van der Waals surface area contributed by atoms with Crippen molar-refractivity contribution in [1.29, 1.82) is 0 Å². The topological polar surface area (TPSA) is 95.0 Å². The number of benzene rings is 1. The van der Waals surface area contributed by atoms with E-state index in [0.717, 1.165) is 48.4 Å². The molecular weight excluding hydrogens is 366 g/mol. The predicted molar refractivity (Wildman–Crippen MR) is 110 cm³/mol. The Kier molecular flexibility index (Phi) is 3.38. The highest BCUT2D eigenvalue weighted by atomic mass is 16.3. The second-order valence-electron chi connectivity index (χ2n) is 9.56. The third-order valence-corrected chi connectivity index (χ3v) is 7.19. The van der Waals surface area contributed by atoms with Gasteiger partial charge in [-0.3, -0.25) is 4.57 Å². The monoisotopic (exact) mass is 391 g/mol. The average Bonchev–Trinajstić information content (AvgIpc) is 3.20. The molecule has 2 heterocycles. The van der Waals surface area contributed by atoms with Gasteiger partial charge in [-0.1, -0.05) is 6.07 Å². The summed E-state index contributed by atoms with van der Waals surface area (Å²) in [5, 5.41) is 27.1. The molecule has 1 aromatic heterocycles. The molecule has 2 aromatic rings. The van der Waals surface area contributed by atoms with Crippen molar-refractivity contribution in [2.75, 3.05) is 5.32 Å². The Balaban J connectivity index is 1.34. The summed E-state index contributed by atoms with van der Waals surface area (Å²) >= 11 is 0. The number of aliphatic imine (C=N–C) groups is 1. The number of hydrogen-bond acceptors (Lipinski definition) is 6. The van der Waals surface area contributed by atoms with Gasteiger partial charge in [0.2, 0.25) is 11.8 Å². The summed E-state index contributed by atoms with van der Waals surface area (Å²) < 4.78 is 1.70. The number of nitrogens with zero attached hydrogens (tertiary/aromatic N) is 4. The number of aromatic hydroxyl groups is 1. The minimum Gasteiger partial charge on any atom is -0.493 e. The first-order chi connectivity index (χ1) is 13.9. The lowest BCUT2D eigenvalue weighted by Gasteiger charge is -2.60. The van der Waals surface area contributed by atoms with Crippen molar-refractivity contribution in [2.24, 2.45) is 28.9 Å². The quantitative estimate of drug-likeness (QED) is 0.743. The Morgan fingerprint density at radius 1 is 1.21 bits per heavy atom. The molecule has 2 atom stereocenters. The zero-order valence-electron chi connectivity index (χ0n) is 16.5. The fraction of sp³-hybridized carbons (Fsp3) is 0.500. The molecule has 0 spiro atoms. The summed E-state index contributed by atoms with van der Waals surface area (Å²) in [4.78, 5) is 13.1. The van der Waals surface area contributed by atoms with Gasteiger partial charge in [0.1, 0.15) is 12.0 Å². The molecule has 0 radical (unpaired) electrons. The fourth-order valence-electron chi connectivity index (χ4n) is 6.47. The van der Waals surface area contributed by atoms with E-state index in [1.807, 2.05) is 31.3 Å². The van der Waals surface area contributed by atoms with Gasteiger partial charge in [-0.15, -0.1) is 0 Å². The molecule has 150 valence electrons. The Labute approximate surface area is 168 Å². The highest BCUT2D eigenvalue weighted by molar-refractivity contribution is 5.67. The van der Waals surface area contributed by atoms with Gasteiger partial charge in [0.05, 0.1) is 16.6 Å². The molecular formula is C22H25N5O2. The molecule has 0 saturated heterocycles. The molecule has 4 saturated carbocycles. The Morgan fingerprint density at radius 2 is 2.00 bits per heavy atom. The molecule has 7 nitrogen and oxygen atoms in total. The molecule has 7 rings (SSSR count). The van der Waals surface area contributed by atoms with E-state index in [0.29, 0.717) is 23.5 Å². The number of aliphatic hydroxyl groups is 1. The SMILES string of the molecule is Cn1c(NC23CC4CC(CC(O)(C4)C2)C3)nc(C=c2ccc3c(c2)N=CN=3)c1O. The maximum atomic E-state index is 11.0. The minimum atomic E-state index is -0.533. The number of fused-ring (bicyclic) bond motifs is 1. The van der Waals surface area contributed by atoms with Gasteiger partial charge in [0, 0.05) is 12.6 Å². The summed E-state index contributed by atoms with van der Waals surface area (Å²) in [6.45, 7) is 0. The van der Waals surface area contributed by atoms with E-state index in [1.54, 1.807) is 10.9 Å². The van der Waals surface area contributed by atoms with Crippen molar-refractivity contribution >= 4 is 24.1 Å². The van der Waals surface area contributed by atoms with E-state index < -0.39 is 5.60 Å². The summed E-state index contributed by atoms with van der Waals surface area (Å²) in [6, 6.07) is 5.81. The second kappa shape index (κ2) is 5.69. The zero-order valence-corrected chi connectivity index (χ0v) is 16.5. The van der Waals surface area contributed by atoms with Crippen molar-refractivity contribution in [3.8, 4) is 5.88 Å². The summed E-state index contributed by atoms with van der Waals surface area (Å²) in [7, 11) is 1.82. The Hall–Kier alpha value is -2.67. The molecule has 29 heavy (non-hydrogen) atoms. The normalized spacial score (nSPS) is 34.5. The van der Waals surface area contributed by atoms with E-state index in [9.17, 15) is 10.2 Å². The minimum absolute atomic E-state index is 0.120. The third-order valence-electron chi connectivity index (χ3n) is 7.19. The van der Waals surface area contributed by atoms with Crippen LogP contribution in [0.3, 0.4) is 0 Å². The van der Waals surface area contributed by atoms with Gasteiger partial charge >= 0.3 is 0 Å². The van der Waals surface area contributed by atoms with Gasteiger partial charge in [0.25, 0.3) is 0 Å². The van der Waals surface area contributed by atoms with Crippen LogP contribution in [0.5, 0.6) is 5.88 Å². The van der Waals surface area contributed by atoms with Gasteiger partial charge in [-0.05, 0) is 73.8 Å². The number of anilines is 1. The molecule has 3 N–H and O–H groups in total. The number of rotatable bonds is 3. The Morgan fingerprint density at radius 3 is 2.76 bits per heavy atom. The van der Waals surface area contributed by atoms with Gasteiger partial charge in [-0.25, -0.2) is 15.0 Å². The van der Waals surface area contributed by atoms with Crippen LogP contribution in [-0.2, 0) is 7.05 Å². The van der Waals surface area contributed by atoms with Crippen LogP contribution in [0, 0.1) is 11.8 Å².